The molecule has 54 heavy (non-hydrogen) atoms. The standard InChI is InChI=1S/C25H48O2Si.C19H34O2.C4H8O/c1-22(2,3)28(7,8)27-20-11-9-15-24(6)19(20)12-13-21(24)25(17-18-25)16-10-14-23(4,5)26;1-17(2,21)9-5-11-19(12-13-19)16-8-7-14-15(20)6-4-10-18(14,16)3;1-2-4-5-3-1/h19-21,26H,9-18H2,1-8H3;14-16,20-21H,4-13H2,1-3H3;1-4H2/t19?,20-,21?,24-;14?,15-,16?,18-;/m00./s1/i4D3,5D3;1D3,2D3;. The molecular formula is C48H90O5Si. The topological polar surface area (TPSA) is 79.2 Å². The molecule has 1 heterocycles. The van der Waals surface area contributed by atoms with Crippen LogP contribution in [0.2, 0.25) is 18.1 Å². The van der Waals surface area contributed by atoms with Gasteiger partial charge in [0.05, 0.1) is 17.3 Å². The molecule has 0 spiro atoms. The highest BCUT2D eigenvalue weighted by Gasteiger charge is 2.63. The van der Waals surface area contributed by atoms with E-state index in [1.807, 2.05) is 0 Å². The lowest BCUT2D eigenvalue weighted by atomic mass is 9.60. The third kappa shape index (κ3) is 10.6. The zero-order valence-electron chi connectivity index (χ0n) is 47.6. The molecule has 0 amide bonds. The zero-order valence-corrected chi connectivity index (χ0v) is 36.6. The van der Waals surface area contributed by atoms with Crippen molar-refractivity contribution in [3.63, 3.8) is 0 Å². The van der Waals surface area contributed by atoms with E-state index in [2.05, 4.69) is 47.7 Å². The van der Waals surface area contributed by atoms with Crippen LogP contribution in [0.25, 0.3) is 0 Å². The van der Waals surface area contributed by atoms with Crippen molar-refractivity contribution in [2.45, 2.75) is 245 Å². The van der Waals surface area contributed by atoms with E-state index < -0.39 is 46.9 Å². The van der Waals surface area contributed by atoms with Crippen molar-refractivity contribution in [3.8, 4) is 0 Å². The van der Waals surface area contributed by atoms with Gasteiger partial charge in [0.15, 0.2) is 8.32 Å². The Morgan fingerprint density at radius 2 is 1.13 bits per heavy atom. The van der Waals surface area contributed by atoms with Crippen molar-refractivity contribution < 1.29 is 40.9 Å². The molecule has 0 aromatic carbocycles. The predicted molar refractivity (Wildman–Crippen MR) is 228 cm³/mol. The largest absolute Gasteiger partial charge is 0.414 e. The quantitative estimate of drug-likeness (QED) is 0.172. The summed E-state index contributed by atoms with van der Waals surface area (Å²) in [4.78, 5) is 0. The van der Waals surface area contributed by atoms with Crippen LogP contribution in [0.4, 0.5) is 0 Å². The number of aliphatic hydroxyl groups excluding tert-OH is 1. The highest BCUT2D eigenvalue weighted by atomic mass is 28.4. The number of hydrogen-bond acceptors (Lipinski definition) is 5. The molecule has 0 radical (unpaired) electrons. The summed E-state index contributed by atoms with van der Waals surface area (Å²) in [6.45, 7) is 6.72. The van der Waals surface area contributed by atoms with Crippen molar-refractivity contribution in [1.29, 1.82) is 0 Å². The van der Waals surface area contributed by atoms with Crippen molar-refractivity contribution in [3.05, 3.63) is 0 Å². The normalized spacial score (nSPS) is 41.2. The van der Waals surface area contributed by atoms with E-state index >= 15 is 0 Å². The van der Waals surface area contributed by atoms with Gasteiger partial charge in [-0.15, -0.1) is 0 Å². The fraction of sp³-hybridized carbons (Fsp3) is 1.00. The first-order chi connectivity index (χ1) is 30.0. The minimum Gasteiger partial charge on any atom is -0.414 e. The summed E-state index contributed by atoms with van der Waals surface area (Å²) in [6, 6.07) is 0. The van der Waals surface area contributed by atoms with E-state index in [4.69, 9.17) is 25.6 Å². The number of rotatable bonds is 12. The maximum Gasteiger partial charge on any atom is 0.192 e. The average Bonchev–Trinajstić information content (AvgIpc) is 3.90. The first-order valence-electron chi connectivity index (χ1n) is 28.4. The number of hydrogen-bond donors (Lipinski definition) is 3. The van der Waals surface area contributed by atoms with E-state index in [0.717, 1.165) is 90.3 Å². The minimum atomic E-state index is -2.92. The molecule has 0 bridgehead atoms. The van der Waals surface area contributed by atoms with Gasteiger partial charge < -0.3 is 24.5 Å². The lowest BCUT2D eigenvalue weighted by molar-refractivity contribution is -0.0343. The highest BCUT2D eigenvalue weighted by Crippen LogP contribution is 2.71. The highest BCUT2D eigenvalue weighted by molar-refractivity contribution is 6.74. The first kappa shape index (κ1) is 31.0. The number of aliphatic hydroxyl groups is 3. The van der Waals surface area contributed by atoms with Crippen LogP contribution < -0.4 is 0 Å². The van der Waals surface area contributed by atoms with Gasteiger partial charge in [-0.3, -0.25) is 0 Å². The molecule has 6 saturated carbocycles. The summed E-state index contributed by atoms with van der Waals surface area (Å²) in [5, 5.41) is 31.8. The Bertz CT molecular complexity index is 1560. The maximum atomic E-state index is 10.7. The maximum absolute atomic E-state index is 10.7. The average molecular weight is 787 g/mol. The molecular weight excluding hydrogens is 685 g/mol. The molecule has 0 aromatic heterocycles. The Kier molecular flexibility index (Phi) is 9.72. The SMILES string of the molecule is C1CCOC1.[2H]C([2H])([2H])C(O)(CCCC1(C2CCC3[C@@H](O)CCC[C@@]32C)CC1)C([2H])([2H])[2H].[2H]C([2H])([2H])C(O)(CCCC1(C2CCC3[C@@H](O[Si](C)(C)C(C)(C)C)CCC[C@@]32C)CC1)C([2H])([2H])[2H]. The molecule has 1 aliphatic heterocycles. The second kappa shape index (κ2) is 16.9. The molecule has 7 fully saturated rings. The number of fused-ring (bicyclic) bond motifs is 2. The van der Waals surface area contributed by atoms with Gasteiger partial charge >= 0.3 is 0 Å². The second-order valence-corrected chi connectivity index (χ2v) is 26.5. The minimum absolute atomic E-state index is 0.137. The van der Waals surface area contributed by atoms with Gasteiger partial charge in [0.25, 0.3) is 0 Å². The lowest BCUT2D eigenvalue weighted by Crippen LogP contribution is -2.50. The fourth-order valence-corrected chi connectivity index (χ4v) is 14.1. The third-order valence-corrected chi connectivity index (χ3v) is 21.4. The summed E-state index contributed by atoms with van der Waals surface area (Å²) in [7, 11) is -1.85. The molecule has 4 unspecified atom stereocenters. The molecule has 8 atom stereocenters. The Balaban J connectivity index is 0.000000228. The summed E-state index contributed by atoms with van der Waals surface area (Å²) in [5.74, 6) is 2.01. The predicted octanol–water partition coefficient (Wildman–Crippen LogP) is 12.4. The van der Waals surface area contributed by atoms with Crippen LogP contribution in [0.15, 0.2) is 0 Å². The van der Waals surface area contributed by atoms with Crippen molar-refractivity contribution >= 4 is 8.32 Å². The molecule has 5 nitrogen and oxygen atoms in total. The van der Waals surface area contributed by atoms with Gasteiger partial charge in [-0.2, -0.15) is 0 Å². The van der Waals surface area contributed by atoms with E-state index in [-0.39, 0.29) is 45.6 Å². The fourth-order valence-electron chi connectivity index (χ4n) is 12.7. The summed E-state index contributed by atoms with van der Waals surface area (Å²) in [5.41, 5.74) is -4.59. The summed E-state index contributed by atoms with van der Waals surface area (Å²) in [6.07, 6.45) is 20.3. The summed E-state index contributed by atoms with van der Waals surface area (Å²) >= 11 is 0. The summed E-state index contributed by atoms with van der Waals surface area (Å²) < 4.78 is 103. The van der Waals surface area contributed by atoms with Gasteiger partial charge in [-0.05, 0) is 206 Å². The van der Waals surface area contributed by atoms with Crippen LogP contribution in [-0.2, 0) is 9.16 Å². The smallest absolute Gasteiger partial charge is 0.192 e. The second-order valence-electron chi connectivity index (χ2n) is 21.7. The lowest BCUT2D eigenvalue weighted by Gasteiger charge is -2.50. The Labute approximate surface area is 352 Å². The molecule has 7 rings (SSSR count). The number of ether oxygens (including phenoxy) is 1. The van der Waals surface area contributed by atoms with E-state index in [1.54, 1.807) is 0 Å². The van der Waals surface area contributed by atoms with Gasteiger partial charge in [0.1, 0.15) is 0 Å². The molecule has 7 aliphatic rings. The molecule has 6 aliphatic carbocycles. The molecule has 316 valence electrons. The van der Waals surface area contributed by atoms with Crippen LogP contribution in [0.3, 0.4) is 0 Å². The van der Waals surface area contributed by atoms with Crippen LogP contribution in [0, 0.1) is 45.3 Å². The Morgan fingerprint density at radius 3 is 1.56 bits per heavy atom. The van der Waals surface area contributed by atoms with Crippen molar-refractivity contribution in [2.24, 2.45) is 45.3 Å². The van der Waals surface area contributed by atoms with Crippen LogP contribution in [0.5, 0.6) is 0 Å². The monoisotopic (exact) mass is 787 g/mol. The van der Waals surface area contributed by atoms with Crippen LogP contribution in [-0.4, -0.2) is 60.3 Å². The van der Waals surface area contributed by atoms with Crippen molar-refractivity contribution in [2.75, 3.05) is 13.2 Å². The van der Waals surface area contributed by atoms with Gasteiger partial charge in [0.2, 0.25) is 0 Å². The third-order valence-electron chi connectivity index (χ3n) is 16.9. The Hall–Kier alpha value is 0.0169. The van der Waals surface area contributed by atoms with Crippen LogP contribution in [0.1, 0.15) is 220 Å². The van der Waals surface area contributed by atoms with E-state index in [9.17, 15) is 15.3 Å². The molecule has 6 heteroatoms. The van der Waals surface area contributed by atoms with Gasteiger partial charge in [0, 0.05) is 35.8 Å². The molecule has 3 N–H and O–H groups in total. The van der Waals surface area contributed by atoms with E-state index in [1.165, 1.54) is 38.5 Å². The van der Waals surface area contributed by atoms with Gasteiger partial charge in [-0.25, -0.2) is 0 Å². The van der Waals surface area contributed by atoms with E-state index in [0.29, 0.717) is 42.6 Å². The zero-order chi connectivity index (χ0) is 49.8. The van der Waals surface area contributed by atoms with Gasteiger partial charge in [-0.1, -0.05) is 60.3 Å². The molecule has 0 aromatic rings. The first-order valence-corrected chi connectivity index (χ1v) is 25.3. The van der Waals surface area contributed by atoms with Crippen molar-refractivity contribution in [1.82, 2.24) is 0 Å². The van der Waals surface area contributed by atoms with Crippen LogP contribution >= 0.6 is 0 Å². The molecule has 1 saturated heterocycles. The Morgan fingerprint density at radius 1 is 0.667 bits per heavy atom.